The molecule has 0 saturated carbocycles. The van der Waals surface area contributed by atoms with Crippen molar-refractivity contribution in [3.05, 3.63) is 55.4 Å². The van der Waals surface area contributed by atoms with Crippen LogP contribution in [0.25, 0.3) is 0 Å². The van der Waals surface area contributed by atoms with Gasteiger partial charge in [-0.05, 0) is 36.0 Å². The maximum Gasteiger partial charge on any atom is 0.247 e. The van der Waals surface area contributed by atoms with E-state index in [0.29, 0.717) is 5.16 Å². The Bertz CT molecular complexity index is 557. The smallest absolute Gasteiger partial charge is 0.247 e. The van der Waals surface area contributed by atoms with E-state index in [4.69, 9.17) is 0 Å². The van der Waals surface area contributed by atoms with E-state index in [1.807, 2.05) is 24.3 Å². The van der Waals surface area contributed by atoms with Gasteiger partial charge in [-0.25, -0.2) is 9.97 Å². The fraction of sp³-hybridized carbons (Fsp3) is 0. The van der Waals surface area contributed by atoms with E-state index in [9.17, 15) is 4.79 Å². The van der Waals surface area contributed by atoms with Gasteiger partial charge in [-0.3, -0.25) is 4.79 Å². The second-order valence-corrected chi connectivity index (χ2v) is 4.33. The highest BCUT2D eigenvalue weighted by Gasteiger charge is 2.06. The Kier molecular flexibility index (Phi) is 4.09. The van der Waals surface area contributed by atoms with Gasteiger partial charge >= 0.3 is 0 Å². The number of hydrogen-bond donors (Lipinski definition) is 1. The van der Waals surface area contributed by atoms with Gasteiger partial charge in [0.05, 0.1) is 5.69 Å². The van der Waals surface area contributed by atoms with Gasteiger partial charge in [0.1, 0.15) is 0 Å². The Morgan fingerprint density at radius 2 is 1.94 bits per heavy atom. The molecule has 0 aliphatic carbocycles. The molecule has 1 aromatic carbocycles. The van der Waals surface area contributed by atoms with Crippen LogP contribution in [0.5, 0.6) is 0 Å². The minimum absolute atomic E-state index is 0.239. The van der Waals surface area contributed by atoms with Crippen LogP contribution in [0.2, 0.25) is 0 Å². The first-order chi connectivity index (χ1) is 8.79. The number of rotatable bonds is 4. The van der Waals surface area contributed by atoms with Crippen LogP contribution >= 0.6 is 11.8 Å². The SMILES string of the molecule is C=CC(=O)Nc1ccccc1Sc1ncccn1. The predicted molar refractivity (Wildman–Crippen MR) is 71.4 cm³/mol. The summed E-state index contributed by atoms with van der Waals surface area (Å²) in [6, 6.07) is 9.24. The highest BCUT2D eigenvalue weighted by Crippen LogP contribution is 2.30. The first kappa shape index (κ1) is 12.3. The van der Waals surface area contributed by atoms with Crippen molar-refractivity contribution in [1.82, 2.24) is 9.97 Å². The number of amides is 1. The number of aromatic nitrogens is 2. The molecule has 1 amide bonds. The van der Waals surface area contributed by atoms with Crippen molar-refractivity contribution in [2.45, 2.75) is 10.1 Å². The van der Waals surface area contributed by atoms with E-state index in [2.05, 4.69) is 21.9 Å². The van der Waals surface area contributed by atoms with Crippen LogP contribution in [0.3, 0.4) is 0 Å². The van der Waals surface area contributed by atoms with E-state index in [0.717, 1.165) is 10.6 Å². The van der Waals surface area contributed by atoms with E-state index in [1.54, 1.807) is 18.5 Å². The van der Waals surface area contributed by atoms with Gasteiger partial charge in [0.2, 0.25) is 5.91 Å². The molecule has 2 rings (SSSR count). The summed E-state index contributed by atoms with van der Waals surface area (Å²) in [5, 5.41) is 3.38. The van der Waals surface area contributed by atoms with Gasteiger partial charge in [-0.1, -0.05) is 18.7 Å². The summed E-state index contributed by atoms with van der Waals surface area (Å²) < 4.78 is 0. The number of carbonyl (C=O) groups excluding carboxylic acids is 1. The molecule has 0 radical (unpaired) electrons. The van der Waals surface area contributed by atoms with Crippen LogP contribution in [0.1, 0.15) is 0 Å². The summed E-state index contributed by atoms with van der Waals surface area (Å²) in [5.74, 6) is -0.239. The zero-order valence-corrected chi connectivity index (χ0v) is 10.4. The molecule has 0 aliphatic rings. The Balaban J connectivity index is 2.22. The molecule has 0 saturated heterocycles. The van der Waals surface area contributed by atoms with Gasteiger partial charge in [0, 0.05) is 17.3 Å². The Hall–Kier alpha value is -2.14. The Morgan fingerprint density at radius 3 is 2.67 bits per heavy atom. The molecule has 18 heavy (non-hydrogen) atoms. The van der Waals surface area contributed by atoms with Crippen molar-refractivity contribution in [2.24, 2.45) is 0 Å². The number of para-hydroxylation sites is 1. The molecule has 4 nitrogen and oxygen atoms in total. The largest absolute Gasteiger partial charge is 0.321 e. The standard InChI is InChI=1S/C13H11N3OS/c1-2-12(17)16-10-6-3-4-7-11(10)18-13-14-8-5-9-15-13/h2-9H,1H2,(H,16,17). The third kappa shape index (κ3) is 3.18. The zero-order chi connectivity index (χ0) is 12.8. The lowest BCUT2D eigenvalue weighted by Gasteiger charge is -2.08. The van der Waals surface area contributed by atoms with E-state index >= 15 is 0 Å². The number of anilines is 1. The number of nitrogens with one attached hydrogen (secondary N) is 1. The van der Waals surface area contributed by atoms with Crippen LogP contribution in [0.4, 0.5) is 5.69 Å². The molecule has 5 heteroatoms. The molecule has 0 spiro atoms. The van der Waals surface area contributed by atoms with Crippen molar-refractivity contribution in [3.63, 3.8) is 0 Å². The molecule has 0 aliphatic heterocycles. The summed E-state index contributed by atoms with van der Waals surface area (Å²) >= 11 is 1.40. The zero-order valence-electron chi connectivity index (χ0n) is 9.54. The summed E-state index contributed by atoms with van der Waals surface area (Å²) in [6.07, 6.45) is 4.60. The second kappa shape index (κ2) is 5.97. The molecule has 0 atom stereocenters. The molecular formula is C13H11N3OS. The predicted octanol–water partition coefficient (Wildman–Crippen LogP) is 2.75. The molecule has 2 aromatic rings. The third-order valence-corrected chi connectivity index (χ3v) is 3.04. The van der Waals surface area contributed by atoms with Crippen molar-refractivity contribution in [2.75, 3.05) is 5.32 Å². The van der Waals surface area contributed by atoms with Crippen LogP contribution in [0.15, 0.2) is 65.4 Å². The maximum atomic E-state index is 11.3. The highest BCUT2D eigenvalue weighted by molar-refractivity contribution is 7.99. The number of hydrogen-bond acceptors (Lipinski definition) is 4. The molecule has 0 bridgehead atoms. The number of carbonyl (C=O) groups is 1. The van der Waals surface area contributed by atoms with Crippen LogP contribution in [0, 0.1) is 0 Å². The van der Waals surface area contributed by atoms with Gasteiger partial charge in [-0.15, -0.1) is 0 Å². The number of benzene rings is 1. The minimum Gasteiger partial charge on any atom is -0.321 e. The maximum absolute atomic E-state index is 11.3. The molecule has 1 N–H and O–H groups in total. The summed E-state index contributed by atoms with van der Waals surface area (Å²) in [5.41, 5.74) is 0.722. The Morgan fingerprint density at radius 1 is 1.22 bits per heavy atom. The third-order valence-electron chi connectivity index (χ3n) is 2.07. The lowest BCUT2D eigenvalue weighted by molar-refractivity contribution is -0.111. The van der Waals surface area contributed by atoms with Crippen molar-refractivity contribution < 1.29 is 4.79 Å². The molecule has 1 heterocycles. The molecule has 90 valence electrons. The highest BCUT2D eigenvalue weighted by atomic mass is 32.2. The average Bonchev–Trinajstić information content (AvgIpc) is 2.42. The first-order valence-electron chi connectivity index (χ1n) is 5.27. The van der Waals surface area contributed by atoms with Gasteiger partial charge in [-0.2, -0.15) is 0 Å². The lowest BCUT2D eigenvalue weighted by Crippen LogP contribution is -2.08. The first-order valence-corrected chi connectivity index (χ1v) is 6.08. The van der Waals surface area contributed by atoms with Crippen LogP contribution in [-0.2, 0) is 4.79 Å². The van der Waals surface area contributed by atoms with E-state index in [-0.39, 0.29) is 5.91 Å². The molecule has 0 unspecified atom stereocenters. The Labute approximate surface area is 109 Å². The number of nitrogens with zero attached hydrogens (tertiary/aromatic N) is 2. The molecule has 1 aromatic heterocycles. The summed E-state index contributed by atoms with van der Waals surface area (Å²) in [7, 11) is 0. The fourth-order valence-corrected chi connectivity index (χ4v) is 2.08. The van der Waals surface area contributed by atoms with Crippen molar-refractivity contribution in [3.8, 4) is 0 Å². The van der Waals surface area contributed by atoms with Crippen LogP contribution < -0.4 is 5.32 Å². The van der Waals surface area contributed by atoms with Crippen LogP contribution in [-0.4, -0.2) is 15.9 Å². The second-order valence-electron chi connectivity index (χ2n) is 3.32. The van der Waals surface area contributed by atoms with Gasteiger partial charge < -0.3 is 5.32 Å². The van der Waals surface area contributed by atoms with E-state index < -0.39 is 0 Å². The van der Waals surface area contributed by atoms with Gasteiger partial charge in [0.25, 0.3) is 0 Å². The molecular weight excluding hydrogens is 246 g/mol. The average molecular weight is 257 g/mol. The molecule has 0 fully saturated rings. The van der Waals surface area contributed by atoms with Crippen molar-refractivity contribution >= 4 is 23.4 Å². The van der Waals surface area contributed by atoms with Crippen molar-refractivity contribution in [1.29, 1.82) is 0 Å². The normalized spacial score (nSPS) is 9.78. The van der Waals surface area contributed by atoms with E-state index in [1.165, 1.54) is 17.8 Å². The lowest BCUT2D eigenvalue weighted by atomic mass is 10.3. The summed E-state index contributed by atoms with van der Waals surface area (Å²) in [6.45, 7) is 3.43. The summed E-state index contributed by atoms with van der Waals surface area (Å²) in [4.78, 5) is 20.5. The van der Waals surface area contributed by atoms with Gasteiger partial charge in [0.15, 0.2) is 5.16 Å². The monoisotopic (exact) mass is 257 g/mol. The quantitative estimate of drug-likeness (QED) is 0.676. The minimum atomic E-state index is -0.239. The topological polar surface area (TPSA) is 54.9 Å². The fourth-order valence-electron chi connectivity index (χ4n) is 1.28.